The minimum atomic E-state index is -0.661. The van der Waals surface area contributed by atoms with Crippen LogP contribution in [0.1, 0.15) is 42.5 Å². The lowest BCUT2D eigenvalue weighted by molar-refractivity contribution is 0.0467. The zero-order valence-corrected chi connectivity index (χ0v) is 15.1. The summed E-state index contributed by atoms with van der Waals surface area (Å²) < 4.78 is 14.3. The molecule has 1 aliphatic heterocycles. The van der Waals surface area contributed by atoms with Crippen LogP contribution in [-0.2, 0) is 17.9 Å². The summed E-state index contributed by atoms with van der Waals surface area (Å²) in [4.78, 5) is 38.3. The lowest BCUT2D eigenvalue weighted by Crippen LogP contribution is -2.28. The number of benzene rings is 1. The van der Waals surface area contributed by atoms with Crippen molar-refractivity contribution >= 4 is 40.9 Å². The summed E-state index contributed by atoms with van der Waals surface area (Å²) in [5.74, 6) is -1.11. The number of hydrogen-bond donors (Lipinski definition) is 0. The highest BCUT2D eigenvalue weighted by Crippen LogP contribution is 2.26. The summed E-state index contributed by atoms with van der Waals surface area (Å²) in [6.07, 6.45) is 1.46. The summed E-state index contributed by atoms with van der Waals surface area (Å²) in [5, 5.41) is 3.75. The Balaban J connectivity index is 1.52. The predicted octanol–water partition coefficient (Wildman–Crippen LogP) is 2.94. The van der Waals surface area contributed by atoms with Gasteiger partial charge in [0.1, 0.15) is 22.4 Å². The van der Waals surface area contributed by atoms with Crippen LogP contribution in [0.2, 0.25) is 4.34 Å². The van der Waals surface area contributed by atoms with Gasteiger partial charge < -0.3 is 9.15 Å². The Morgan fingerprint density at radius 3 is 2.74 bits per heavy atom. The van der Waals surface area contributed by atoms with Crippen LogP contribution < -0.4 is 0 Å². The second-order valence-electron chi connectivity index (χ2n) is 5.61. The third-order valence-electron chi connectivity index (χ3n) is 3.95. The molecule has 0 aliphatic carbocycles. The smallest absolute Gasteiger partial charge is 0.338 e. The third-order valence-corrected chi connectivity index (χ3v) is 4.93. The van der Waals surface area contributed by atoms with E-state index < -0.39 is 17.8 Å². The Morgan fingerprint density at radius 2 is 2.04 bits per heavy atom. The average molecular weight is 404 g/mol. The molecule has 27 heavy (non-hydrogen) atoms. The monoisotopic (exact) mass is 403 g/mol. The summed E-state index contributed by atoms with van der Waals surface area (Å²) in [7, 11) is 0. The van der Waals surface area contributed by atoms with Gasteiger partial charge in [-0.2, -0.15) is 0 Å². The lowest BCUT2D eigenvalue weighted by atomic mass is 10.1. The van der Waals surface area contributed by atoms with Crippen LogP contribution in [0.5, 0.6) is 0 Å². The molecule has 4 rings (SSSR count). The Labute approximate surface area is 161 Å². The molecular formula is C17H10ClN3O5S. The Hall–Kier alpha value is -3.04. The SMILES string of the molecule is O=C(OCc1nnsc1Cl)c1ccc2c(c1)C(=O)N(Cc1ccco1)C2=O. The van der Waals surface area contributed by atoms with Crippen molar-refractivity contribution in [2.24, 2.45) is 0 Å². The van der Waals surface area contributed by atoms with Crippen molar-refractivity contribution in [1.82, 2.24) is 14.5 Å². The van der Waals surface area contributed by atoms with E-state index in [0.29, 0.717) is 15.8 Å². The van der Waals surface area contributed by atoms with Gasteiger partial charge in [-0.05, 0) is 30.3 Å². The van der Waals surface area contributed by atoms with E-state index in [1.807, 2.05) is 0 Å². The van der Waals surface area contributed by atoms with Crippen LogP contribution in [0, 0.1) is 0 Å². The summed E-state index contributed by atoms with van der Waals surface area (Å²) in [6, 6.07) is 7.56. The second-order valence-corrected chi connectivity index (χ2v) is 6.96. The highest BCUT2D eigenvalue weighted by molar-refractivity contribution is 7.10. The van der Waals surface area contributed by atoms with Crippen molar-refractivity contribution in [2.45, 2.75) is 13.2 Å². The van der Waals surface area contributed by atoms with Gasteiger partial charge in [0.2, 0.25) is 0 Å². The number of nitrogens with zero attached hydrogens (tertiary/aromatic N) is 3. The van der Waals surface area contributed by atoms with E-state index in [0.717, 1.165) is 16.4 Å². The largest absolute Gasteiger partial charge is 0.467 e. The number of furan rings is 1. The van der Waals surface area contributed by atoms with Gasteiger partial charge in [-0.3, -0.25) is 14.5 Å². The molecule has 3 aromatic rings. The molecule has 1 aromatic carbocycles. The number of fused-ring (bicyclic) bond motifs is 1. The molecule has 136 valence electrons. The molecule has 0 fully saturated rings. The summed E-state index contributed by atoms with van der Waals surface area (Å²) >= 11 is 6.85. The molecule has 0 bridgehead atoms. The van der Waals surface area contributed by atoms with Crippen molar-refractivity contribution in [1.29, 1.82) is 0 Å². The molecular weight excluding hydrogens is 394 g/mol. The summed E-state index contributed by atoms with van der Waals surface area (Å²) in [6.45, 7) is -0.114. The first-order valence-corrected chi connectivity index (χ1v) is 8.86. The minimum Gasteiger partial charge on any atom is -0.467 e. The third kappa shape index (κ3) is 3.22. The molecule has 0 radical (unpaired) electrons. The van der Waals surface area contributed by atoms with E-state index >= 15 is 0 Å². The maximum Gasteiger partial charge on any atom is 0.338 e. The van der Waals surface area contributed by atoms with Crippen molar-refractivity contribution in [3.63, 3.8) is 0 Å². The van der Waals surface area contributed by atoms with Gasteiger partial charge in [0.05, 0.1) is 29.5 Å². The first-order valence-electron chi connectivity index (χ1n) is 7.71. The molecule has 0 saturated heterocycles. The molecule has 0 unspecified atom stereocenters. The highest BCUT2D eigenvalue weighted by Gasteiger charge is 2.36. The minimum absolute atomic E-state index is 0.0223. The van der Waals surface area contributed by atoms with E-state index in [2.05, 4.69) is 9.59 Å². The summed E-state index contributed by atoms with van der Waals surface area (Å²) in [5.41, 5.74) is 0.880. The van der Waals surface area contributed by atoms with E-state index in [4.69, 9.17) is 20.8 Å². The highest BCUT2D eigenvalue weighted by atomic mass is 35.5. The number of imide groups is 1. The van der Waals surface area contributed by atoms with Crippen LogP contribution in [-0.4, -0.2) is 32.3 Å². The number of halogens is 1. The Kier molecular flexibility index (Phi) is 4.46. The molecule has 0 N–H and O–H groups in total. The van der Waals surface area contributed by atoms with Gasteiger partial charge >= 0.3 is 5.97 Å². The number of carbonyl (C=O) groups excluding carboxylic acids is 3. The van der Waals surface area contributed by atoms with E-state index in [-0.39, 0.29) is 29.8 Å². The molecule has 10 heteroatoms. The number of hydrogen-bond acceptors (Lipinski definition) is 8. The normalized spacial score (nSPS) is 13.1. The molecule has 3 heterocycles. The fraction of sp³-hybridized carbons (Fsp3) is 0.118. The fourth-order valence-electron chi connectivity index (χ4n) is 2.62. The maximum atomic E-state index is 12.6. The van der Waals surface area contributed by atoms with Crippen LogP contribution in [0.3, 0.4) is 0 Å². The molecule has 2 amide bonds. The topological polar surface area (TPSA) is 103 Å². The molecule has 8 nitrogen and oxygen atoms in total. The van der Waals surface area contributed by atoms with Crippen molar-refractivity contribution in [2.75, 3.05) is 0 Å². The van der Waals surface area contributed by atoms with Gasteiger partial charge in [-0.15, -0.1) is 5.10 Å². The molecule has 0 atom stereocenters. The lowest BCUT2D eigenvalue weighted by Gasteiger charge is -2.11. The predicted molar refractivity (Wildman–Crippen MR) is 93.4 cm³/mol. The van der Waals surface area contributed by atoms with E-state index in [1.165, 1.54) is 24.5 Å². The first-order chi connectivity index (χ1) is 13.0. The van der Waals surface area contributed by atoms with Gasteiger partial charge in [0, 0.05) is 11.5 Å². The van der Waals surface area contributed by atoms with E-state index in [9.17, 15) is 14.4 Å². The number of amides is 2. The maximum absolute atomic E-state index is 12.6. The molecule has 1 aliphatic rings. The Morgan fingerprint density at radius 1 is 1.22 bits per heavy atom. The van der Waals surface area contributed by atoms with Crippen molar-refractivity contribution < 1.29 is 23.5 Å². The van der Waals surface area contributed by atoms with Crippen LogP contribution in [0.15, 0.2) is 41.0 Å². The number of ether oxygens (including phenoxy) is 1. The number of carbonyl (C=O) groups is 3. The second kappa shape index (κ2) is 6.93. The number of esters is 1. The number of aromatic nitrogens is 2. The quantitative estimate of drug-likeness (QED) is 0.476. The van der Waals surface area contributed by atoms with Gasteiger partial charge in [0.15, 0.2) is 0 Å². The molecule has 2 aromatic heterocycles. The van der Waals surface area contributed by atoms with Gasteiger partial charge in [-0.1, -0.05) is 16.1 Å². The average Bonchev–Trinajstić information content (AvgIpc) is 3.38. The van der Waals surface area contributed by atoms with Gasteiger partial charge in [-0.25, -0.2) is 4.79 Å². The van der Waals surface area contributed by atoms with Gasteiger partial charge in [0.25, 0.3) is 11.8 Å². The van der Waals surface area contributed by atoms with Crippen LogP contribution in [0.25, 0.3) is 0 Å². The molecule has 0 saturated carbocycles. The number of rotatable bonds is 5. The standard InChI is InChI=1S/C17H10ClN3O5S/c18-14-13(19-20-27-14)8-26-17(24)9-3-4-11-12(6-9)16(23)21(15(11)22)7-10-2-1-5-25-10/h1-6H,7-8H2. The zero-order chi connectivity index (χ0) is 19.0. The van der Waals surface area contributed by atoms with Crippen LogP contribution in [0.4, 0.5) is 0 Å². The van der Waals surface area contributed by atoms with Crippen molar-refractivity contribution in [3.8, 4) is 0 Å². The first kappa shape index (κ1) is 17.4. The zero-order valence-electron chi connectivity index (χ0n) is 13.5. The van der Waals surface area contributed by atoms with E-state index in [1.54, 1.807) is 12.1 Å². The Bertz CT molecular complexity index is 1050. The van der Waals surface area contributed by atoms with Crippen LogP contribution >= 0.6 is 23.1 Å². The molecule has 0 spiro atoms. The van der Waals surface area contributed by atoms with Crippen molar-refractivity contribution in [3.05, 3.63) is 69.1 Å². The fourth-order valence-corrected chi connectivity index (χ4v) is 3.22.